The van der Waals surface area contributed by atoms with Crippen LogP contribution in [0.15, 0.2) is 24.3 Å². The molecular weight excluding hydrogens is 356 g/mol. The molecule has 1 aliphatic rings. The van der Waals surface area contributed by atoms with E-state index >= 15 is 0 Å². The molecule has 0 spiro atoms. The number of nitrogens with one attached hydrogen (secondary N) is 1. The van der Waals surface area contributed by atoms with Crippen LogP contribution in [0.1, 0.15) is 30.6 Å². The summed E-state index contributed by atoms with van der Waals surface area (Å²) in [4.78, 5) is 37.3. The first kappa shape index (κ1) is 20.1. The van der Waals surface area contributed by atoms with Crippen LogP contribution in [0.5, 0.6) is 5.75 Å². The minimum atomic E-state index is -0.583. The van der Waals surface area contributed by atoms with Gasteiger partial charge >= 0.3 is 5.97 Å². The smallest absolute Gasteiger partial charge is 0.329 e. The van der Waals surface area contributed by atoms with Crippen LogP contribution in [0.4, 0.5) is 0 Å². The Kier molecular flexibility index (Phi) is 7.77. The monoisotopic (exact) mass is 380 g/mol. The van der Waals surface area contributed by atoms with Gasteiger partial charge in [-0.15, -0.1) is 11.8 Å². The maximum absolute atomic E-state index is 12.7. The van der Waals surface area contributed by atoms with Crippen molar-refractivity contribution in [2.75, 3.05) is 31.4 Å². The molecule has 0 bridgehead atoms. The molecule has 7 nitrogen and oxygen atoms in total. The van der Waals surface area contributed by atoms with E-state index in [0.29, 0.717) is 42.5 Å². The molecule has 0 saturated carbocycles. The molecule has 1 saturated heterocycles. The van der Waals surface area contributed by atoms with Crippen LogP contribution in [0.25, 0.3) is 0 Å². The third kappa shape index (κ3) is 5.66. The number of ether oxygens (including phenoxy) is 2. The van der Waals surface area contributed by atoms with Crippen LogP contribution in [0, 0.1) is 0 Å². The Bertz CT molecular complexity index is 635. The first-order valence-electron chi connectivity index (χ1n) is 8.55. The maximum Gasteiger partial charge on any atom is 0.329 e. The molecular formula is C18H24N2O5S. The molecule has 1 aromatic carbocycles. The topological polar surface area (TPSA) is 84.9 Å². The summed E-state index contributed by atoms with van der Waals surface area (Å²) < 4.78 is 10.6. The predicted molar refractivity (Wildman–Crippen MR) is 99.2 cm³/mol. The number of thioether (sulfide) groups is 1. The van der Waals surface area contributed by atoms with Crippen molar-refractivity contribution < 1.29 is 23.9 Å². The zero-order valence-electron chi connectivity index (χ0n) is 15.0. The Hall–Kier alpha value is -2.22. The van der Waals surface area contributed by atoms with E-state index in [1.807, 2.05) is 6.92 Å². The molecule has 1 aromatic rings. The van der Waals surface area contributed by atoms with Gasteiger partial charge in [-0.25, -0.2) is 4.79 Å². The van der Waals surface area contributed by atoms with Gasteiger partial charge in [0, 0.05) is 24.8 Å². The number of rotatable bonds is 8. The predicted octanol–water partition coefficient (Wildman–Crippen LogP) is 1.67. The summed E-state index contributed by atoms with van der Waals surface area (Å²) in [6, 6.07) is 6.31. The second kappa shape index (κ2) is 10.1. The molecule has 1 N–H and O–H groups in total. The van der Waals surface area contributed by atoms with E-state index in [0.717, 1.165) is 0 Å². The van der Waals surface area contributed by atoms with Gasteiger partial charge in [0.2, 0.25) is 5.91 Å². The average molecular weight is 380 g/mol. The number of carbonyl (C=O) groups is 3. The first-order valence-corrected chi connectivity index (χ1v) is 9.71. The van der Waals surface area contributed by atoms with Crippen LogP contribution in [0.2, 0.25) is 0 Å². The van der Waals surface area contributed by atoms with Crippen LogP contribution >= 0.6 is 11.8 Å². The van der Waals surface area contributed by atoms with Crippen LogP contribution in [-0.2, 0) is 14.3 Å². The summed E-state index contributed by atoms with van der Waals surface area (Å²) in [5.74, 6) is 0.964. The van der Waals surface area contributed by atoms with Crippen LogP contribution in [-0.4, -0.2) is 60.1 Å². The average Bonchev–Trinajstić information content (AvgIpc) is 3.11. The maximum atomic E-state index is 12.7. The molecule has 8 heteroatoms. The fourth-order valence-electron chi connectivity index (χ4n) is 2.47. The third-order valence-electron chi connectivity index (χ3n) is 3.77. The SMILES string of the molecule is CCOc1ccc(C(=O)N2CSCC2C(=O)OCCCNC(C)=O)cc1. The van der Waals surface area contributed by atoms with Gasteiger partial charge < -0.3 is 19.7 Å². The summed E-state index contributed by atoms with van der Waals surface area (Å²) in [6.45, 7) is 4.56. The molecule has 1 aliphatic heterocycles. The number of esters is 1. The van der Waals surface area contributed by atoms with Crippen molar-refractivity contribution in [3.63, 3.8) is 0 Å². The van der Waals surface area contributed by atoms with Crippen molar-refractivity contribution in [3.8, 4) is 5.75 Å². The number of amides is 2. The van der Waals surface area contributed by atoms with Crippen molar-refractivity contribution in [2.45, 2.75) is 26.3 Å². The van der Waals surface area contributed by atoms with Gasteiger partial charge in [0.25, 0.3) is 5.91 Å². The van der Waals surface area contributed by atoms with Crippen molar-refractivity contribution in [3.05, 3.63) is 29.8 Å². The van der Waals surface area contributed by atoms with Crippen molar-refractivity contribution in [1.82, 2.24) is 10.2 Å². The van der Waals surface area contributed by atoms with E-state index in [2.05, 4.69) is 5.32 Å². The first-order chi connectivity index (χ1) is 12.5. The van der Waals surface area contributed by atoms with E-state index in [1.165, 1.54) is 23.6 Å². The summed E-state index contributed by atoms with van der Waals surface area (Å²) in [6.07, 6.45) is 0.540. The number of hydrogen-bond acceptors (Lipinski definition) is 6. The Morgan fingerprint density at radius 2 is 2.00 bits per heavy atom. The molecule has 0 aliphatic carbocycles. The number of carbonyl (C=O) groups excluding carboxylic acids is 3. The summed E-state index contributed by atoms with van der Waals surface area (Å²) in [7, 11) is 0. The van der Waals surface area contributed by atoms with E-state index in [9.17, 15) is 14.4 Å². The van der Waals surface area contributed by atoms with Gasteiger partial charge in [-0.05, 0) is 37.6 Å². The lowest BCUT2D eigenvalue weighted by Gasteiger charge is -2.22. The molecule has 2 rings (SSSR count). The highest BCUT2D eigenvalue weighted by atomic mass is 32.2. The second-order valence-electron chi connectivity index (χ2n) is 5.75. The molecule has 142 valence electrons. The molecule has 1 atom stereocenters. The van der Waals surface area contributed by atoms with Gasteiger partial charge in [-0.3, -0.25) is 9.59 Å². The molecule has 0 radical (unpaired) electrons. The van der Waals surface area contributed by atoms with Crippen molar-refractivity contribution in [2.24, 2.45) is 0 Å². The number of nitrogens with zero attached hydrogens (tertiary/aromatic N) is 1. The lowest BCUT2D eigenvalue weighted by molar-refractivity contribution is -0.147. The number of benzene rings is 1. The zero-order valence-corrected chi connectivity index (χ0v) is 15.8. The highest BCUT2D eigenvalue weighted by Gasteiger charge is 2.36. The Morgan fingerprint density at radius 1 is 1.27 bits per heavy atom. The van der Waals surface area contributed by atoms with E-state index in [-0.39, 0.29) is 18.4 Å². The van der Waals surface area contributed by atoms with Gasteiger partial charge in [0.1, 0.15) is 11.8 Å². The molecule has 1 heterocycles. The van der Waals surface area contributed by atoms with Gasteiger partial charge in [0.15, 0.2) is 0 Å². The molecule has 0 aromatic heterocycles. The van der Waals surface area contributed by atoms with Crippen LogP contribution < -0.4 is 10.1 Å². The summed E-state index contributed by atoms with van der Waals surface area (Å²) in [5, 5.41) is 2.64. The van der Waals surface area contributed by atoms with Crippen molar-refractivity contribution >= 4 is 29.5 Å². The molecule has 1 unspecified atom stereocenters. The Morgan fingerprint density at radius 3 is 2.65 bits per heavy atom. The van der Waals surface area contributed by atoms with E-state index in [1.54, 1.807) is 24.3 Å². The third-order valence-corrected chi connectivity index (χ3v) is 4.78. The Labute approximate surface area is 157 Å². The largest absolute Gasteiger partial charge is 0.494 e. The van der Waals surface area contributed by atoms with Gasteiger partial charge in [-0.2, -0.15) is 0 Å². The Balaban J connectivity index is 1.88. The molecule has 2 amide bonds. The fraction of sp³-hybridized carbons (Fsp3) is 0.500. The lowest BCUT2D eigenvalue weighted by atomic mass is 10.1. The van der Waals surface area contributed by atoms with Crippen LogP contribution in [0.3, 0.4) is 0 Å². The van der Waals surface area contributed by atoms with E-state index in [4.69, 9.17) is 9.47 Å². The molecule has 1 fully saturated rings. The fourth-order valence-corrected chi connectivity index (χ4v) is 3.61. The standard InChI is InChI=1S/C18H24N2O5S/c1-3-24-15-7-5-14(6-8-15)17(22)20-12-26-11-16(20)18(23)25-10-4-9-19-13(2)21/h5-8,16H,3-4,9-12H2,1-2H3,(H,19,21). The second-order valence-corrected chi connectivity index (χ2v) is 6.75. The highest BCUT2D eigenvalue weighted by molar-refractivity contribution is 7.99. The van der Waals surface area contributed by atoms with E-state index < -0.39 is 12.0 Å². The minimum Gasteiger partial charge on any atom is -0.494 e. The van der Waals surface area contributed by atoms with Gasteiger partial charge in [0.05, 0.1) is 19.1 Å². The quantitative estimate of drug-likeness (QED) is 0.545. The normalized spacial score (nSPS) is 16.2. The summed E-state index contributed by atoms with van der Waals surface area (Å²) >= 11 is 1.52. The number of hydrogen-bond donors (Lipinski definition) is 1. The zero-order chi connectivity index (χ0) is 18.9. The summed E-state index contributed by atoms with van der Waals surface area (Å²) in [5.41, 5.74) is 0.513. The lowest BCUT2D eigenvalue weighted by Crippen LogP contribution is -2.43. The molecule has 26 heavy (non-hydrogen) atoms. The minimum absolute atomic E-state index is 0.115. The van der Waals surface area contributed by atoms with Gasteiger partial charge in [-0.1, -0.05) is 0 Å². The highest BCUT2D eigenvalue weighted by Crippen LogP contribution is 2.25. The van der Waals surface area contributed by atoms with Crippen molar-refractivity contribution in [1.29, 1.82) is 0 Å².